The molecule has 1 fully saturated rings. The van der Waals surface area contributed by atoms with E-state index in [1.54, 1.807) is 4.68 Å². The van der Waals surface area contributed by atoms with Crippen LogP contribution >= 0.6 is 11.3 Å². The summed E-state index contributed by atoms with van der Waals surface area (Å²) in [5.74, 6) is 0.552. The van der Waals surface area contributed by atoms with Crippen LogP contribution in [0.4, 0.5) is 0 Å². The number of nitrogens with zero attached hydrogens (tertiary/aromatic N) is 3. The molecule has 5 nitrogen and oxygen atoms in total. The van der Waals surface area contributed by atoms with Crippen molar-refractivity contribution >= 4 is 11.3 Å². The van der Waals surface area contributed by atoms with E-state index in [1.807, 2.05) is 24.6 Å². The second-order valence-corrected chi connectivity index (χ2v) is 8.86. The lowest BCUT2D eigenvalue weighted by Crippen LogP contribution is -2.52. The summed E-state index contributed by atoms with van der Waals surface area (Å²) in [5, 5.41) is 12.3. The van der Waals surface area contributed by atoms with Gasteiger partial charge in [0.2, 0.25) is 0 Å². The van der Waals surface area contributed by atoms with Gasteiger partial charge in [-0.2, -0.15) is 0 Å². The van der Waals surface area contributed by atoms with Crippen LogP contribution in [-0.2, 0) is 23.8 Å². The Labute approximate surface area is 147 Å². The molecular weight excluding hydrogens is 320 g/mol. The van der Waals surface area contributed by atoms with E-state index in [0.29, 0.717) is 12.0 Å². The molecule has 6 heteroatoms. The van der Waals surface area contributed by atoms with E-state index in [2.05, 4.69) is 42.5 Å². The molecule has 2 aliphatic rings. The zero-order valence-electron chi connectivity index (χ0n) is 14.9. The summed E-state index contributed by atoms with van der Waals surface area (Å²) < 4.78 is 8.28. The highest BCUT2D eigenvalue weighted by atomic mass is 32.1. The Bertz CT molecular complexity index is 737. The highest BCUT2D eigenvalue weighted by Gasteiger charge is 2.47. The average molecular weight is 347 g/mol. The van der Waals surface area contributed by atoms with Gasteiger partial charge >= 0.3 is 0 Å². The van der Waals surface area contributed by atoms with E-state index in [0.717, 1.165) is 31.6 Å². The molecule has 0 radical (unpaired) electrons. The molecule has 1 spiro atoms. The third-order valence-electron chi connectivity index (χ3n) is 5.38. The fraction of sp³-hybridized carbons (Fsp3) is 0.667. The summed E-state index contributed by atoms with van der Waals surface area (Å²) in [6, 6.07) is 2.96. The van der Waals surface area contributed by atoms with Gasteiger partial charge in [0, 0.05) is 35.5 Å². The van der Waals surface area contributed by atoms with Crippen LogP contribution < -0.4 is 5.32 Å². The second-order valence-electron chi connectivity index (χ2n) is 7.60. The van der Waals surface area contributed by atoms with Crippen molar-refractivity contribution in [3.63, 3.8) is 0 Å². The van der Waals surface area contributed by atoms with E-state index >= 15 is 0 Å². The SMILES string of the molecule is Cc1cc2c(s1)C1(CC(c3cn(C)nn3)NC(C(C)C)C1)OCC2. The minimum absolute atomic E-state index is 0.172. The van der Waals surface area contributed by atoms with Gasteiger partial charge in [-0.1, -0.05) is 19.1 Å². The highest BCUT2D eigenvalue weighted by Crippen LogP contribution is 2.49. The van der Waals surface area contributed by atoms with Gasteiger partial charge < -0.3 is 10.1 Å². The van der Waals surface area contributed by atoms with Crippen LogP contribution in [0.15, 0.2) is 12.3 Å². The van der Waals surface area contributed by atoms with Gasteiger partial charge in [-0.3, -0.25) is 4.68 Å². The number of nitrogens with one attached hydrogen (secondary N) is 1. The van der Waals surface area contributed by atoms with Crippen molar-refractivity contribution in [2.24, 2.45) is 13.0 Å². The van der Waals surface area contributed by atoms with Crippen LogP contribution in [0.1, 0.15) is 53.7 Å². The number of thiophene rings is 1. The van der Waals surface area contributed by atoms with Gasteiger partial charge in [0.25, 0.3) is 0 Å². The quantitative estimate of drug-likeness (QED) is 0.908. The molecule has 130 valence electrons. The topological polar surface area (TPSA) is 52.0 Å². The lowest BCUT2D eigenvalue weighted by molar-refractivity contribution is -0.101. The molecule has 24 heavy (non-hydrogen) atoms. The number of hydrogen-bond acceptors (Lipinski definition) is 5. The normalized spacial score (nSPS) is 30.0. The molecule has 0 aliphatic carbocycles. The van der Waals surface area contributed by atoms with E-state index < -0.39 is 0 Å². The molecule has 0 amide bonds. The monoisotopic (exact) mass is 346 g/mol. The van der Waals surface area contributed by atoms with Crippen molar-refractivity contribution < 1.29 is 4.74 Å². The fourth-order valence-electron chi connectivity index (χ4n) is 4.15. The smallest absolute Gasteiger partial charge is 0.106 e. The summed E-state index contributed by atoms with van der Waals surface area (Å²) in [6.45, 7) is 7.60. The summed E-state index contributed by atoms with van der Waals surface area (Å²) in [5.41, 5.74) is 2.34. The molecule has 0 bridgehead atoms. The lowest BCUT2D eigenvalue weighted by atomic mass is 9.76. The third-order valence-corrected chi connectivity index (χ3v) is 6.65. The molecule has 1 N–H and O–H groups in total. The molecule has 4 rings (SSSR count). The molecule has 4 heterocycles. The average Bonchev–Trinajstić information content (AvgIpc) is 3.13. The Balaban J connectivity index is 1.74. The van der Waals surface area contributed by atoms with E-state index in [-0.39, 0.29) is 11.6 Å². The van der Waals surface area contributed by atoms with Gasteiger partial charge in [0.1, 0.15) is 5.60 Å². The molecule has 0 saturated carbocycles. The van der Waals surface area contributed by atoms with Gasteiger partial charge in [-0.15, -0.1) is 16.4 Å². The molecule has 2 aromatic heterocycles. The highest BCUT2D eigenvalue weighted by molar-refractivity contribution is 7.12. The minimum atomic E-state index is -0.172. The van der Waals surface area contributed by atoms with E-state index in [1.165, 1.54) is 15.3 Å². The number of ether oxygens (including phenoxy) is 1. The van der Waals surface area contributed by atoms with E-state index in [9.17, 15) is 0 Å². The predicted octanol–water partition coefficient (Wildman–Crippen LogP) is 3.10. The first-order chi connectivity index (χ1) is 11.5. The Morgan fingerprint density at radius 1 is 1.42 bits per heavy atom. The van der Waals surface area contributed by atoms with Crippen LogP contribution in [0.3, 0.4) is 0 Å². The number of fused-ring (bicyclic) bond motifs is 2. The van der Waals surface area contributed by atoms with Crippen molar-refractivity contribution in [2.75, 3.05) is 6.61 Å². The number of aryl methyl sites for hydroxylation is 2. The number of piperidine rings is 1. The minimum Gasteiger partial charge on any atom is -0.369 e. The Morgan fingerprint density at radius 2 is 2.25 bits per heavy atom. The zero-order valence-corrected chi connectivity index (χ0v) is 15.7. The molecule has 3 atom stereocenters. The summed E-state index contributed by atoms with van der Waals surface area (Å²) in [6.07, 6.45) is 5.03. The summed E-state index contributed by atoms with van der Waals surface area (Å²) in [4.78, 5) is 2.84. The third kappa shape index (κ3) is 2.70. The van der Waals surface area contributed by atoms with Crippen molar-refractivity contribution in [1.29, 1.82) is 0 Å². The molecule has 0 aromatic carbocycles. The maximum absolute atomic E-state index is 6.50. The van der Waals surface area contributed by atoms with Crippen LogP contribution in [0.2, 0.25) is 0 Å². The van der Waals surface area contributed by atoms with Gasteiger partial charge in [-0.25, -0.2) is 0 Å². The molecular formula is C18H26N4OS. The maximum Gasteiger partial charge on any atom is 0.106 e. The van der Waals surface area contributed by atoms with Crippen LogP contribution in [-0.4, -0.2) is 27.6 Å². The second kappa shape index (κ2) is 5.93. The molecule has 2 aromatic rings. The van der Waals surface area contributed by atoms with E-state index in [4.69, 9.17) is 4.74 Å². The maximum atomic E-state index is 6.50. The standard InChI is InChI=1S/C18H26N4OS/c1-11(2)14-8-18(9-15(19-14)16-10-22(4)21-20-16)17-13(5-6-23-18)7-12(3)24-17/h7,10-11,14-15,19H,5-6,8-9H2,1-4H3. The van der Waals surface area contributed by atoms with Crippen molar-refractivity contribution in [3.05, 3.63) is 33.3 Å². The Kier molecular flexibility index (Phi) is 4.01. The number of hydrogen-bond donors (Lipinski definition) is 1. The Hall–Kier alpha value is -1.24. The van der Waals surface area contributed by atoms with Crippen LogP contribution in [0.5, 0.6) is 0 Å². The van der Waals surface area contributed by atoms with Crippen molar-refractivity contribution in [3.8, 4) is 0 Å². The van der Waals surface area contributed by atoms with Crippen LogP contribution in [0, 0.1) is 12.8 Å². The first-order valence-corrected chi connectivity index (χ1v) is 9.64. The van der Waals surface area contributed by atoms with Gasteiger partial charge in [0.15, 0.2) is 0 Å². The van der Waals surface area contributed by atoms with Crippen molar-refractivity contribution in [2.45, 2.75) is 57.7 Å². The zero-order chi connectivity index (χ0) is 16.9. The fourth-order valence-corrected chi connectivity index (χ4v) is 5.38. The predicted molar refractivity (Wildman–Crippen MR) is 95.1 cm³/mol. The first kappa shape index (κ1) is 16.2. The number of aromatic nitrogens is 3. The van der Waals surface area contributed by atoms with Gasteiger partial charge in [0.05, 0.1) is 18.3 Å². The summed E-state index contributed by atoms with van der Waals surface area (Å²) >= 11 is 1.92. The largest absolute Gasteiger partial charge is 0.369 e. The van der Waals surface area contributed by atoms with Crippen LogP contribution in [0.25, 0.3) is 0 Å². The number of rotatable bonds is 2. The molecule has 3 unspecified atom stereocenters. The molecule has 2 aliphatic heterocycles. The Morgan fingerprint density at radius 3 is 2.96 bits per heavy atom. The van der Waals surface area contributed by atoms with Crippen molar-refractivity contribution in [1.82, 2.24) is 20.3 Å². The van der Waals surface area contributed by atoms with Gasteiger partial charge in [-0.05, 0) is 37.3 Å². The lowest BCUT2D eigenvalue weighted by Gasteiger charge is -2.47. The summed E-state index contributed by atoms with van der Waals surface area (Å²) in [7, 11) is 1.92. The first-order valence-electron chi connectivity index (χ1n) is 8.83. The molecule has 1 saturated heterocycles.